The SMILES string of the molecule is CCCCCCCCC(CCCCCC)CNc1c(NC)c2cc(Br)ccc2c2ccc(Br)cc12. The molecule has 4 heteroatoms. The van der Waals surface area contributed by atoms with Crippen molar-refractivity contribution in [2.24, 2.45) is 5.92 Å². The summed E-state index contributed by atoms with van der Waals surface area (Å²) in [6.07, 6.45) is 16.3. The predicted molar refractivity (Wildman–Crippen MR) is 165 cm³/mol. The zero-order valence-electron chi connectivity index (χ0n) is 22.0. The number of benzene rings is 3. The quantitative estimate of drug-likeness (QED) is 0.0966. The van der Waals surface area contributed by atoms with E-state index in [0.29, 0.717) is 0 Å². The van der Waals surface area contributed by atoms with Crippen molar-refractivity contribution < 1.29 is 0 Å². The van der Waals surface area contributed by atoms with Crippen molar-refractivity contribution in [1.29, 1.82) is 0 Å². The van der Waals surface area contributed by atoms with Gasteiger partial charge in [0.15, 0.2) is 0 Å². The molecule has 0 aliphatic heterocycles. The normalized spacial score (nSPS) is 12.4. The first kappa shape index (κ1) is 28.3. The average molecular weight is 605 g/mol. The van der Waals surface area contributed by atoms with Crippen LogP contribution in [0.4, 0.5) is 11.4 Å². The van der Waals surface area contributed by atoms with Crippen molar-refractivity contribution in [1.82, 2.24) is 0 Å². The molecule has 0 aliphatic rings. The van der Waals surface area contributed by atoms with Crippen LogP contribution >= 0.6 is 31.9 Å². The van der Waals surface area contributed by atoms with Gasteiger partial charge in [0.05, 0.1) is 11.4 Å². The lowest BCUT2D eigenvalue weighted by molar-refractivity contribution is 0.420. The predicted octanol–water partition coefficient (Wildman–Crippen LogP) is 11.3. The second kappa shape index (κ2) is 15.1. The zero-order chi connectivity index (χ0) is 25.0. The van der Waals surface area contributed by atoms with Crippen molar-refractivity contribution in [2.45, 2.75) is 90.9 Å². The van der Waals surface area contributed by atoms with Gasteiger partial charge in [-0.05, 0) is 53.8 Å². The third-order valence-electron chi connectivity index (χ3n) is 7.29. The van der Waals surface area contributed by atoms with Crippen molar-refractivity contribution >= 4 is 64.8 Å². The van der Waals surface area contributed by atoms with E-state index in [9.17, 15) is 0 Å². The van der Waals surface area contributed by atoms with E-state index < -0.39 is 0 Å². The van der Waals surface area contributed by atoms with E-state index in [2.05, 4.69) is 92.7 Å². The Kier molecular flexibility index (Phi) is 12.2. The monoisotopic (exact) mass is 602 g/mol. The number of rotatable bonds is 16. The summed E-state index contributed by atoms with van der Waals surface area (Å²) in [5.41, 5.74) is 2.42. The molecule has 0 amide bonds. The Hall–Kier alpha value is -1.26. The van der Waals surface area contributed by atoms with Crippen LogP contribution < -0.4 is 10.6 Å². The maximum absolute atomic E-state index is 3.95. The number of nitrogens with one attached hydrogen (secondary N) is 2. The Bertz CT molecular complexity index is 1060. The minimum absolute atomic E-state index is 0.725. The highest BCUT2D eigenvalue weighted by atomic mass is 79.9. The minimum Gasteiger partial charge on any atom is -0.386 e. The molecule has 2 nitrogen and oxygen atoms in total. The smallest absolute Gasteiger partial charge is 0.0662 e. The van der Waals surface area contributed by atoms with Crippen LogP contribution in [0.25, 0.3) is 21.5 Å². The molecule has 1 unspecified atom stereocenters. The Morgan fingerprint density at radius 3 is 1.66 bits per heavy atom. The van der Waals surface area contributed by atoms with Crippen molar-refractivity contribution in [2.75, 3.05) is 24.2 Å². The molecule has 0 heterocycles. The van der Waals surface area contributed by atoms with Gasteiger partial charge in [-0.1, -0.05) is 122 Å². The van der Waals surface area contributed by atoms with Crippen LogP contribution in [-0.4, -0.2) is 13.6 Å². The molecule has 3 rings (SSSR count). The molecule has 0 saturated heterocycles. The van der Waals surface area contributed by atoms with E-state index in [-0.39, 0.29) is 0 Å². The molecule has 2 N–H and O–H groups in total. The lowest BCUT2D eigenvalue weighted by Crippen LogP contribution is -2.16. The highest BCUT2D eigenvalue weighted by Crippen LogP contribution is 2.42. The van der Waals surface area contributed by atoms with Crippen LogP contribution in [0.5, 0.6) is 0 Å². The number of fused-ring (bicyclic) bond motifs is 3. The van der Waals surface area contributed by atoms with Crippen LogP contribution in [0.15, 0.2) is 45.3 Å². The van der Waals surface area contributed by atoms with E-state index >= 15 is 0 Å². The lowest BCUT2D eigenvalue weighted by atomic mass is 9.93. The first-order chi connectivity index (χ1) is 17.1. The highest BCUT2D eigenvalue weighted by molar-refractivity contribution is 9.10. The fourth-order valence-corrected chi connectivity index (χ4v) is 6.02. The van der Waals surface area contributed by atoms with Gasteiger partial charge in [0.2, 0.25) is 0 Å². The van der Waals surface area contributed by atoms with Crippen molar-refractivity contribution in [3.8, 4) is 0 Å². The fraction of sp³-hybridized carbons (Fsp3) is 0.548. The molecular formula is C31H44Br2N2. The molecule has 0 aromatic heterocycles. The number of hydrogen-bond donors (Lipinski definition) is 2. The van der Waals surface area contributed by atoms with Gasteiger partial charge in [-0.25, -0.2) is 0 Å². The number of hydrogen-bond acceptors (Lipinski definition) is 2. The minimum atomic E-state index is 0.725. The van der Waals surface area contributed by atoms with Gasteiger partial charge >= 0.3 is 0 Å². The van der Waals surface area contributed by atoms with Crippen LogP contribution in [0.2, 0.25) is 0 Å². The molecule has 0 aliphatic carbocycles. The molecule has 35 heavy (non-hydrogen) atoms. The lowest BCUT2D eigenvalue weighted by Gasteiger charge is -2.23. The fourth-order valence-electron chi connectivity index (χ4n) is 5.30. The maximum Gasteiger partial charge on any atom is 0.0662 e. The summed E-state index contributed by atoms with van der Waals surface area (Å²) in [7, 11) is 2.04. The van der Waals surface area contributed by atoms with Crippen LogP contribution in [-0.2, 0) is 0 Å². The van der Waals surface area contributed by atoms with Crippen LogP contribution in [0.3, 0.4) is 0 Å². The van der Waals surface area contributed by atoms with Gasteiger partial charge in [0.25, 0.3) is 0 Å². The Labute approximate surface area is 230 Å². The van der Waals surface area contributed by atoms with E-state index in [0.717, 1.165) is 21.4 Å². The van der Waals surface area contributed by atoms with E-state index in [1.54, 1.807) is 0 Å². The average Bonchev–Trinajstić information content (AvgIpc) is 2.86. The van der Waals surface area contributed by atoms with Gasteiger partial charge in [-0.2, -0.15) is 0 Å². The standard InChI is InChI=1S/C31H44Br2N2/c1-4-6-8-10-11-13-15-23(14-12-9-7-5-2)22-35-31-29-21-25(33)17-19-27(29)26-18-16-24(32)20-28(26)30(31)34-3/h16-21,23,34-35H,4-15,22H2,1-3H3. The molecule has 0 saturated carbocycles. The maximum atomic E-state index is 3.95. The summed E-state index contributed by atoms with van der Waals surface area (Å²) in [6, 6.07) is 13.3. The van der Waals surface area contributed by atoms with E-state index in [1.807, 2.05) is 7.05 Å². The first-order valence-electron chi connectivity index (χ1n) is 13.8. The van der Waals surface area contributed by atoms with Crippen molar-refractivity contribution in [3.63, 3.8) is 0 Å². The molecule has 0 fully saturated rings. The Balaban J connectivity index is 1.83. The number of unbranched alkanes of at least 4 members (excludes halogenated alkanes) is 8. The number of anilines is 2. The van der Waals surface area contributed by atoms with Gasteiger partial charge < -0.3 is 10.6 Å². The summed E-state index contributed by atoms with van der Waals surface area (Å²) >= 11 is 7.42. The van der Waals surface area contributed by atoms with Gasteiger partial charge in [0.1, 0.15) is 0 Å². The van der Waals surface area contributed by atoms with Gasteiger partial charge in [-0.3, -0.25) is 0 Å². The number of halogens is 2. The molecular weight excluding hydrogens is 560 g/mol. The van der Waals surface area contributed by atoms with Gasteiger partial charge in [-0.15, -0.1) is 0 Å². The molecule has 0 bridgehead atoms. The van der Waals surface area contributed by atoms with Crippen LogP contribution in [0.1, 0.15) is 90.9 Å². The summed E-state index contributed by atoms with van der Waals surface area (Å²) in [4.78, 5) is 0. The molecule has 1 atom stereocenters. The van der Waals surface area contributed by atoms with Crippen molar-refractivity contribution in [3.05, 3.63) is 45.3 Å². The Morgan fingerprint density at radius 2 is 1.11 bits per heavy atom. The van der Waals surface area contributed by atoms with Gasteiger partial charge in [0, 0.05) is 33.3 Å². The summed E-state index contributed by atoms with van der Waals surface area (Å²) in [5.74, 6) is 0.725. The molecule has 0 radical (unpaired) electrons. The van der Waals surface area contributed by atoms with Crippen LogP contribution in [0, 0.1) is 5.92 Å². The largest absolute Gasteiger partial charge is 0.386 e. The summed E-state index contributed by atoms with van der Waals surface area (Å²) in [6.45, 7) is 5.64. The molecule has 192 valence electrons. The third-order valence-corrected chi connectivity index (χ3v) is 8.28. The molecule has 0 spiro atoms. The second-order valence-corrected chi connectivity index (χ2v) is 11.9. The molecule has 3 aromatic rings. The third kappa shape index (κ3) is 8.12. The second-order valence-electron chi connectivity index (χ2n) is 10.0. The topological polar surface area (TPSA) is 24.1 Å². The van der Waals surface area contributed by atoms with E-state index in [4.69, 9.17) is 0 Å². The molecule has 3 aromatic carbocycles. The summed E-state index contributed by atoms with van der Waals surface area (Å²) < 4.78 is 2.23. The first-order valence-corrected chi connectivity index (χ1v) is 15.4. The zero-order valence-corrected chi connectivity index (χ0v) is 25.2. The highest BCUT2D eigenvalue weighted by Gasteiger charge is 2.16. The Morgan fingerprint density at radius 1 is 0.629 bits per heavy atom. The van der Waals surface area contributed by atoms with E-state index in [1.165, 1.54) is 110 Å². The summed E-state index contributed by atoms with van der Waals surface area (Å²) in [5, 5.41) is 12.6.